The first-order valence-electron chi connectivity index (χ1n) is 12.4. The molecule has 1 fully saturated rings. The summed E-state index contributed by atoms with van der Waals surface area (Å²) < 4.78 is 32.0. The largest absolute Gasteiger partial charge is 0.378 e. The fourth-order valence-corrected chi connectivity index (χ4v) is 3.72. The molecule has 2 aromatic carbocycles. The monoisotopic (exact) mass is 492 g/mol. The fraction of sp³-hybridized carbons (Fsp3) is 0.400. The highest BCUT2D eigenvalue weighted by Crippen LogP contribution is 2.30. The van der Waals surface area contributed by atoms with Crippen molar-refractivity contribution in [2.24, 2.45) is 10.9 Å². The smallest absolute Gasteiger partial charge is 0.149 e. The Balaban J connectivity index is 0.000000249. The summed E-state index contributed by atoms with van der Waals surface area (Å²) in [7, 11) is 1.72. The summed E-state index contributed by atoms with van der Waals surface area (Å²) in [4.78, 5) is 17.6. The molecule has 0 bridgehead atoms. The first-order chi connectivity index (χ1) is 17.3. The van der Waals surface area contributed by atoms with Crippen LogP contribution in [-0.2, 0) is 9.53 Å². The number of likely N-dealkylation sites (N-methyl/N-ethyl adjacent to an activating group) is 1. The van der Waals surface area contributed by atoms with Crippen LogP contribution in [0.3, 0.4) is 0 Å². The van der Waals surface area contributed by atoms with Crippen LogP contribution in [0.25, 0.3) is 5.70 Å². The first-order valence-corrected chi connectivity index (χ1v) is 12.4. The van der Waals surface area contributed by atoms with Crippen LogP contribution in [0.4, 0.5) is 8.78 Å². The molecular formula is C30H34F2N2O2. The number of benzene rings is 2. The van der Waals surface area contributed by atoms with Crippen molar-refractivity contribution in [1.82, 2.24) is 4.90 Å². The van der Waals surface area contributed by atoms with Crippen LogP contribution in [0.15, 0.2) is 60.1 Å². The number of nitrogens with zero attached hydrogens (tertiary/aromatic N) is 2. The molecule has 0 unspecified atom stereocenters. The number of Topliss-reactive ketones (excluding diaryl/α,β-unsaturated/α-hetero) is 1. The van der Waals surface area contributed by atoms with E-state index in [2.05, 4.69) is 23.4 Å². The van der Waals surface area contributed by atoms with E-state index < -0.39 is 0 Å². The second kappa shape index (κ2) is 13.7. The van der Waals surface area contributed by atoms with Crippen LogP contribution < -0.4 is 0 Å². The van der Waals surface area contributed by atoms with Crippen molar-refractivity contribution in [2.45, 2.75) is 51.6 Å². The Morgan fingerprint density at radius 1 is 0.972 bits per heavy atom. The topological polar surface area (TPSA) is 41.9 Å². The van der Waals surface area contributed by atoms with E-state index in [9.17, 15) is 13.6 Å². The third-order valence-electron chi connectivity index (χ3n) is 5.91. The van der Waals surface area contributed by atoms with Crippen LogP contribution in [0, 0.1) is 29.4 Å². The average Bonchev–Trinajstić information content (AvgIpc) is 3.70. The Kier molecular flexibility index (Phi) is 10.4. The normalized spacial score (nSPS) is 15.6. The third-order valence-corrected chi connectivity index (χ3v) is 5.91. The van der Waals surface area contributed by atoms with Gasteiger partial charge in [0.05, 0.1) is 18.3 Å². The zero-order valence-corrected chi connectivity index (χ0v) is 21.1. The van der Waals surface area contributed by atoms with Gasteiger partial charge in [0, 0.05) is 32.1 Å². The summed E-state index contributed by atoms with van der Waals surface area (Å²) in [5, 5.41) is 0. The van der Waals surface area contributed by atoms with E-state index in [1.165, 1.54) is 44.0 Å². The molecule has 2 aliphatic carbocycles. The molecule has 4 nitrogen and oxygen atoms in total. The van der Waals surface area contributed by atoms with Crippen LogP contribution >= 0.6 is 0 Å². The van der Waals surface area contributed by atoms with Gasteiger partial charge >= 0.3 is 0 Å². The van der Waals surface area contributed by atoms with Gasteiger partial charge in [0.1, 0.15) is 23.3 Å². The highest BCUT2D eigenvalue weighted by molar-refractivity contribution is 6.02. The van der Waals surface area contributed by atoms with Crippen molar-refractivity contribution >= 4 is 17.3 Å². The lowest BCUT2D eigenvalue weighted by molar-refractivity contribution is -0.117. The molecule has 0 N–H and O–H groups in total. The van der Waals surface area contributed by atoms with E-state index >= 15 is 0 Å². The number of ether oxygens (including phenoxy) is 1. The highest BCUT2D eigenvalue weighted by Gasteiger charge is 2.23. The molecule has 4 rings (SSSR count). The summed E-state index contributed by atoms with van der Waals surface area (Å²) in [6.45, 7) is 6.55. The quantitative estimate of drug-likeness (QED) is 0.248. The number of halogens is 2. The van der Waals surface area contributed by atoms with E-state index in [0.29, 0.717) is 28.8 Å². The molecule has 0 amide bonds. The predicted molar refractivity (Wildman–Crippen MR) is 140 cm³/mol. The molecule has 190 valence electrons. The van der Waals surface area contributed by atoms with Crippen LogP contribution in [0.1, 0.15) is 56.6 Å². The molecule has 36 heavy (non-hydrogen) atoms. The van der Waals surface area contributed by atoms with Gasteiger partial charge in [-0.25, -0.2) is 13.8 Å². The summed E-state index contributed by atoms with van der Waals surface area (Å²) >= 11 is 0. The number of rotatable bonds is 8. The summed E-state index contributed by atoms with van der Waals surface area (Å²) in [5.41, 5.74) is 1.74. The van der Waals surface area contributed by atoms with Crippen molar-refractivity contribution in [2.75, 3.05) is 20.2 Å². The molecule has 6 heteroatoms. The number of hydrogen-bond donors (Lipinski definition) is 0. The Morgan fingerprint density at radius 2 is 1.50 bits per heavy atom. The molecule has 0 radical (unpaired) electrons. The van der Waals surface area contributed by atoms with Gasteiger partial charge in [-0.3, -0.25) is 4.79 Å². The Labute approximate surface area is 213 Å². The van der Waals surface area contributed by atoms with E-state index in [1.807, 2.05) is 0 Å². The standard InChI is InChI=1S/C19H18F2N2O.C11H16O/c1-13(24)12-23(3)19(16-6-10-18(21)11-7-16)22-14(2)15-4-8-17(20)9-5-15;1-2-4-6-11(5-3-1)12-9-10-7-8-10/h4-11H,2,12H2,1,3H3;10-11H,3-9H2. The molecular weight excluding hydrogens is 458 g/mol. The van der Waals surface area contributed by atoms with Crippen LogP contribution in [0.2, 0.25) is 0 Å². The number of aliphatic imine (C=N–C) groups is 1. The minimum absolute atomic E-state index is 0.0280. The lowest BCUT2D eigenvalue weighted by Gasteiger charge is -2.21. The number of hydrogen-bond acceptors (Lipinski definition) is 3. The van der Waals surface area contributed by atoms with Gasteiger partial charge in [-0.05, 0) is 92.6 Å². The van der Waals surface area contributed by atoms with Gasteiger partial charge in [0.15, 0.2) is 0 Å². The second-order valence-corrected chi connectivity index (χ2v) is 9.28. The number of carbonyl (C=O) groups excluding carboxylic acids is 1. The van der Waals surface area contributed by atoms with Crippen molar-refractivity contribution in [3.8, 4) is 11.8 Å². The predicted octanol–water partition coefficient (Wildman–Crippen LogP) is 6.26. The van der Waals surface area contributed by atoms with Gasteiger partial charge < -0.3 is 9.64 Å². The molecule has 0 saturated heterocycles. The number of amidine groups is 1. The van der Waals surface area contributed by atoms with Gasteiger partial charge in [-0.15, -0.1) is 11.8 Å². The molecule has 0 spiro atoms. The van der Waals surface area contributed by atoms with E-state index in [-0.39, 0.29) is 24.0 Å². The van der Waals surface area contributed by atoms with Gasteiger partial charge in [-0.1, -0.05) is 6.58 Å². The molecule has 1 saturated carbocycles. The molecule has 0 heterocycles. The summed E-state index contributed by atoms with van der Waals surface area (Å²) in [5.74, 6) is 6.95. The minimum Gasteiger partial charge on any atom is -0.378 e. The minimum atomic E-state index is -0.357. The molecule has 0 atom stereocenters. The maximum absolute atomic E-state index is 13.2. The molecule has 2 aromatic rings. The summed E-state index contributed by atoms with van der Waals surface area (Å²) in [6, 6.07) is 11.6. The van der Waals surface area contributed by atoms with Crippen LogP contribution in [0.5, 0.6) is 0 Å². The number of ketones is 1. The molecule has 0 aliphatic heterocycles. The summed E-state index contributed by atoms with van der Waals surface area (Å²) in [6.07, 6.45) is 7.66. The van der Waals surface area contributed by atoms with E-state index in [1.54, 1.807) is 36.2 Å². The first kappa shape index (κ1) is 27.3. The number of carbonyl (C=O) groups is 1. The Hall–Kier alpha value is -3.30. The van der Waals surface area contributed by atoms with E-state index in [4.69, 9.17) is 4.74 Å². The average molecular weight is 493 g/mol. The SMILES string of the molecule is C1#CCCC(OCC2CC2)CC1.C=C(N=C(c1ccc(F)cc1)N(C)CC(C)=O)c1ccc(F)cc1. The van der Waals surface area contributed by atoms with E-state index in [0.717, 1.165) is 38.2 Å². The van der Waals surface area contributed by atoms with Crippen molar-refractivity contribution in [3.63, 3.8) is 0 Å². The third kappa shape index (κ3) is 9.39. The Morgan fingerprint density at radius 3 is 2.00 bits per heavy atom. The fourth-order valence-electron chi connectivity index (χ4n) is 3.72. The van der Waals surface area contributed by atoms with Crippen molar-refractivity contribution < 1.29 is 18.3 Å². The maximum atomic E-state index is 13.2. The van der Waals surface area contributed by atoms with Crippen LogP contribution in [-0.4, -0.2) is 42.8 Å². The van der Waals surface area contributed by atoms with Crippen molar-refractivity contribution in [1.29, 1.82) is 0 Å². The zero-order valence-electron chi connectivity index (χ0n) is 21.1. The lowest BCUT2D eigenvalue weighted by atomic mass is 10.1. The van der Waals surface area contributed by atoms with Gasteiger partial charge in [-0.2, -0.15) is 0 Å². The lowest BCUT2D eigenvalue weighted by Crippen LogP contribution is -2.32. The zero-order chi connectivity index (χ0) is 25.9. The highest BCUT2D eigenvalue weighted by atomic mass is 19.1. The Bertz CT molecular complexity index is 1100. The van der Waals surface area contributed by atoms with Gasteiger partial charge in [0.2, 0.25) is 0 Å². The second-order valence-electron chi connectivity index (χ2n) is 9.28. The van der Waals surface area contributed by atoms with Crippen molar-refractivity contribution in [3.05, 3.63) is 77.9 Å². The molecule has 2 aliphatic rings. The maximum Gasteiger partial charge on any atom is 0.149 e. The van der Waals surface area contributed by atoms with Gasteiger partial charge in [0.25, 0.3) is 0 Å². The molecule has 0 aromatic heterocycles.